The van der Waals surface area contributed by atoms with Crippen LogP contribution in [-0.4, -0.2) is 16.4 Å². The number of carbonyl (C=O) groups is 1. The average molecular weight is 228 g/mol. The van der Waals surface area contributed by atoms with Gasteiger partial charge in [-0.1, -0.05) is 18.2 Å². The highest BCUT2D eigenvalue weighted by atomic mass is 35.5. The smallest absolute Gasteiger partial charge is 0.242 e. The van der Waals surface area contributed by atoms with Crippen molar-refractivity contribution in [3.05, 3.63) is 29.8 Å². The van der Waals surface area contributed by atoms with E-state index in [0.717, 1.165) is 0 Å². The molecule has 1 aromatic rings. The molecular formula is C11H14ClNO2. The van der Waals surface area contributed by atoms with Crippen LogP contribution in [0.25, 0.3) is 0 Å². The van der Waals surface area contributed by atoms with Crippen molar-refractivity contribution in [3.8, 4) is 0 Å². The van der Waals surface area contributed by atoms with E-state index in [1.807, 2.05) is 6.07 Å². The van der Waals surface area contributed by atoms with E-state index in [9.17, 15) is 9.90 Å². The number of alkyl halides is 1. The molecule has 3 nitrogen and oxygen atoms in total. The first-order valence-electron chi connectivity index (χ1n) is 4.74. The lowest BCUT2D eigenvalue weighted by Gasteiger charge is -2.13. The standard InChI is InChI=1S/C11H14ClNO2/c1-7(12)11(15)13-10-6-4-3-5-9(10)8(2)14/h3-8,14H,1-2H3,(H,13,15). The molecule has 1 aromatic carbocycles. The fraction of sp³-hybridized carbons (Fsp3) is 0.364. The van der Waals surface area contributed by atoms with Crippen LogP contribution in [0.4, 0.5) is 5.69 Å². The Morgan fingerprint density at radius 2 is 2.00 bits per heavy atom. The molecule has 0 heterocycles. The van der Waals surface area contributed by atoms with E-state index in [4.69, 9.17) is 11.6 Å². The highest BCUT2D eigenvalue weighted by molar-refractivity contribution is 6.32. The predicted molar refractivity (Wildman–Crippen MR) is 61.0 cm³/mol. The van der Waals surface area contributed by atoms with Crippen LogP contribution in [0, 0.1) is 0 Å². The SMILES string of the molecule is CC(Cl)C(=O)Nc1ccccc1C(C)O. The minimum absolute atomic E-state index is 0.273. The summed E-state index contributed by atoms with van der Waals surface area (Å²) in [5, 5.41) is 11.5. The molecule has 0 aliphatic heterocycles. The van der Waals surface area contributed by atoms with Gasteiger partial charge in [0.2, 0.25) is 5.91 Å². The second-order valence-electron chi connectivity index (χ2n) is 3.37. The number of nitrogens with one attached hydrogen (secondary N) is 1. The van der Waals surface area contributed by atoms with Crippen molar-refractivity contribution in [1.82, 2.24) is 0 Å². The zero-order valence-electron chi connectivity index (χ0n) is 8.70. The van der Waals surface area contributed by atoms with Crippen LogP contribution in [0.3, 0.4) is 0 Å². The van der Waals surface area contributed by atoms with Gasteiger partial charge in [0, 0.05) is 11.3 Å². The third-order valence-corrected chi connectivity index (χ3v) is 2.23. The summed E-state index contributed by atoms with van der Waals surface area (Å²) in [6.07, 6.45) is -0.618. The highest BCUT2D eigenvalue weighted by Crippen LogP contribution is 2.22. The van der Waals surface area contributed by atoms with E-state index in [2.05, 4.69) is 5.32 Å². The molecule has 0 saturated carbocycles. The molecular weight excluding hydrogens is 214 g/mol. The van der Waals surface area contributed by atoms with Gasteiger partial charge in [-0.05, 0) is 19.9 Å². The largest absolute Gasteiger partial charge is 0.389 e. The van der Waals surface area contributed by atoms with Crippen molar-refractivity contribution in [3.63, 3.8) is 0 Å². The Labute approximate surface area is 94.1 Å². The van der Waals surface area contributed by atoms with Crippen LogP contribution in [0.2, 0.25) is 0 Å². The van der Waals surface area contributed by atoms with Crippen LogP contribution in [0.1, 0.15) is 25.5 Å². The lowest BCUT2D eigenvalue weighted by Crippen LogP contribution is -2.21. The molecule has 0 aliphatic carbocycles. The molecule has 0 spiro atoms. The zero-order valence-corrected chi connectivity index (χ0v) is 9.45. The number of halogens is 1. The van der Waals surface area contributed by atoms with E-state index < -0.39 is 11.5 Å². The fourth-order valence-electron chi connectivity index (χ4n) is 1.21. The Bertz CT molecular complexity index is 350. The average Bonchev–Trinajstić information content (AvgIpc) is 2.18. The van der Waals surface area contributed by atoms with Gasteiger partial charge in [-0.3, -0.25) is 4.79 Å². The van der Waals surface area contributed by atoms with Crippen LogP contribution in [0.5, 0.6) is 0 Å². The summed E-state index contributed by atoms with van der Waals surface area (Å²) in [5.74, 6) is -0.273. The summed E-state index contributed by atoms with van der Waals surface area (Å²) in [7, 11) is 0. The summed E-state index contributed by atoms with van der Waals surface area (Å²) in [4.78, 5) is 11.4. The Kier molecular flexibility index (Phi) is 4.12. The lowest BCUT2D eigenvalue weighted by molar-refractivity contribution is -0.115. The number of para-hydroxylation sites is 1. The van der Waals surface area contributed by atoms with Gasteiger partial charge in [-0.25, -0.2) is 0 Å². The maximum Gasteiger partial charge on any atom is 0.242 e. The third-order valence-electron chi connectivity index (χ3n) is 2.03. The number of benzene rings is 1. The van der Waals surface area contributed by atoms with Gasteiger partial charge in [0.1, 0.15) is 5.38 Å². The van der Waals surface area contributed by atoms with Gasteiger partial charge in [0.05, 0.1) is 6.10 Å². The Morgan fingerprint density at radius 3 is 2.53 bits per heavy atom. The minimum atomic E-state index is -0.618. The summed E-state index contributed by atoms with van der Waals surface area (Å²) in [6, 6.07) is 7.10. The molecule has 2 N–H and O–H groups in total. The van der Waals surface area contributed by atoms with Gasteiger partial charge >= 0.3 is 0 Å². The second-order valence-corrected chi connectivity index (χ2v) is 4.02. The van der Waals surface area contributed by atoms with Crippen molar-refractivity contribution in [2.45, 2.75) is 25.3 Å². The van der Waals surface area contributed by atoms with Crippen LogP contribution in [0.15, 0.2) is 24.3 Å². The first-order chi connectivity index (χ1) is 7.02. The topological polar surface area (TPSA) is 49.3 Å². The van der Waals surface area contributed by atoms with Gasteiger partial charge in [0.15, 0.2) is 0 Å². The van der Waals surface area contributed by atoms with Crippen LogP contribution < -0.4 is 5.32 Å². The number of hydrogen-bond donors (Lipinski definition) is 2. The van der Waals surface area contributed by atoms with E-state index >= 15 is 0 Å². The molecule has 1 rings (SSSR count). The monoisotopic (exact) mass is 227 g/mol. The quantitative estimate of drug-likeness (QED) is 0.779. The molecule has 0 aliphatic rings. The van der Waals surface area contributed by atoms with E-state index in [-0.39, 0.29) is 5.91 Å². The second kappa shape index (κ2) is 5.14. The van der Waals surface area contributed by atoms with Gasteiger partial charge in [-0.15, -0.1) is 11.6 Å². The van der Waals surface area contributed by atoms with E-state index in [1.54, 1.807) is 32.0 Å². The molecule has 4 heteroatoms. The number of aliphatic hydroxyl groups excluding tert-OH is 1. The van der Waals surface area contributed by atoms with Crippen molar-refractivity contribution >= 4 is 23.2 Å². The zero-order chi connectivity index (χ0) is 11.4. The van der Waals surface area contributed by atoms with Gasteiger partial charge in [0.25, 0.3) is 0 Å². The molecule has 2 unspecified atom stereocenters. The van der Waals surface area contributed by atoms with Crippen molar-refractivity contribution in [1.29, 1.82) is 0 Å². The molecule has 0 bridgehead atoms. The number of rotatable bonds is 3. The van der Waals surface area contributed by atoms with Gasteiger partial charge < -0.3 is 10.4 Å². The number of hydrogen-bond acceptors (Lipinski definition) is 2. The molecule has 2 atom stereocenters. The minimum Gasteiger partial charge on any atom is -0.389 e. The number of amides is 1. The Balaban J connectivity index is 2.89. The normalized spacial score (nSPS) is 14.4. The first-order valence-corrected chi connectivity index (χ1v) is 5.18. The van der Waals surface area contributed by atoms with Crippen LogP contribution in [-0.2, 0) is 4.79 Å². The number of aliphatic hydroxyl groups is 1. The van der Waals surface area contributed by atoms with Crippen molar-refractivity contribution < 1.29 is 9.90 Å². The molecule has 0 aromatic heterocycles. The number of anilines is 1. The predicted octanol–water partition coefficient (Wildman–Crippen LogP) is 2.31. The van der Waals surface area contributed by atoms with Crippen molar-refractivity contribution in [2.24, 2.45) is 0 Å². The summed E-state index contributed by atoms with van der Waals surface area (Å²) in [6.45, 7) is 3.25. The van der Waals surface area contributed by atoms with E-state index in [0.29, 0.717) is 11.3 Å². The fourth-order valence-corrected chi connectivity index (χ4v) is 1.26. The molecule has 0 fully saturated rings. The summed E-state index contributed by atoms with van der Waals surface area (Å²) >= 11 is 5.64. The maximum absolute atomic E-state index is 11.4. The summed E-state index contributed by atoms with van der Waals surface area (Å²) < 4.78 is 0. The Hall–Kier alpha value is -1.06. The van der Waals surface area contributed by atoms with Gasteiger partial charge in [-0.2, -0.15) is 0 Å². The van der Waals surface area contributed by atoms with E-state index in [1.165, 1.54) is 0 Å². The molecule has 82 valence electrons. The molecule has 0 saturated heterocycles. The van der Waals surface area contributed by atoms with Crippen LogP contribution >= 0.6 is 11.6 Å². The first kappa shape index (κ1) is 12.0. The third kappa shape index (κ3) is 3.22. The number of carbonyl (C=O) groups excluding carboxylic acids is 1. The molecule has 15 heavy (non-hydrogen) atoms. The highest BCUT2D eigenvalue weighted by Gasteiger charge is 2.13. The Morgan fingerprint density at radius 1 is 1.40 bits per heavy atom. The maximum atomic E-state index is 11.4. The lowest BCUT2D eigenvalue weighted by atomic mass is 10.1. The summed E-state index contributed by atoms with van der Waals surface area (Å²) in [5.41, 5.74) is 1.29. The van der Waals surface area contributed by atoms with Crippen molar-refractivity contribution in [2.75, 3.05) is 5.32 Å². The molecule has 0 radical (unpaired) electrons. The molecule has 1 amide bonds.